The molecule has 0 spiro atoms. The molecule has 2 saturated carbocycles. The van der Waals surface area contributed by atoms with E-state index in [9.17, 15) is 0 Å². The first-order valence-electron chi connectivity index (χ1n) is 7.74. The Kier molecular flexibility index (Phi) is 4.28. The SMILES string of the molecule is CC(NC1CC(c2ccc(Br)cc2)C1)C1CCCC1. The molecule has 0 aromatic heterocycles. The molecule has 1 nitrogen and oxygen atoms in total. The van der Waals surface area contributed by atoms with E-state index in [0.717, 1.165) is 23.9 Å². The van der Waals surface area contributed by atoms with Gasteiger partial charge in [0.25, 0.3) is 0 Å². The Balaban J connectivity index is 1.46. The Hall–Kier alpha value is -0.340. The minimum absolute atomic E-state index is 0.721. The first kappa shape index (κ1) is 13.6. The predicted octanol–water partition coefficient (Wildman–Crippen LogP) is 4.86. The fourth-order valence-corrected chi connectivity index (χ4v) is 3.99. The lowest BCUT2D eigenvalue weighted by molar-refractivity contribution is 0.239. The lowest BCUT2D eigenvalue weighted by Crippen LogP contribution is -2.46. The van der Waals surface area contributed by atoms with E-state index < -0.39 is 0 Å². The summed E-state index contributed by atoms with van der Waals surface area (Å²) in [6.45, 7) is 2.39. The van der Waals surface area contributed by atoms with Gasteiger partial charge in [0, 0.05) is 16.6 Å². The highest BCUT2D eigenvalue weighted by Crippen LogP contribution is 2.38. The van der Waals surface area contributed by atoms with E-state index in [-0.39, 0.29) is 0 Å². The second-order valence-corrected chi connectivity index (χ2v) is 7.33. The van der Waals surface area contributed by atoms with Gasteiger partial charge in [0.1, 0.15) is 0 Å². The van der Waals surface area contributed by atoms with Crippen molar-refractivity contribution < 1.29 is 0 Å². The molecular formula is C17H24BrN. The summed E-state index contributed by atoms with van der Waals surface area (Å²) in [7, 11) is 0. The Labute approximate surface area is 125 Å². The van der Waals surface area contributed by atoms with Crippen LogP contribution in [0.2, 0.25) is 0 Å². The summed E-state index contributed by atoms with van der Waals surface area (Å²) in [5.41, 5.74) is 1.51. The highest BCUT2D eigenvalue weighted by Gasteiger charge is 2.32. The summed E-state index contributed by atoms with van der Waals surface area (Å²) in [6, 6.07) is 10.3. The van der Waals surface area contributed by atoms with Crippen LogP contribution in [0.15, 0.2) is 28.7 Å². The lowest BCUT2D eigenvalue weighted by Gasteiger charge is -2.39. The first-order valence-corrected chi connectivity index (χ1v) is 8.53. The molecule has 0 radical (unpaired) electrons. The third kappa shape index (κ3) is 3.22. The number of rotatable bonds is 4. The summed E-state index contributed by atoms with van der Waals surface area (Å²) in [5, 5.41) is 3.86. The first-order chi connectivity index (χ1) is 9.22. The van der Waals surface area contributed by atoms with Crippen LogP contribution < -0.4 is 5.32 Å². The highest BCUT2D eigenvalue weighted by atomic mass is 79.9. The molecule has 2 heteroatoms. The van der Waals surface area contributed by atoms with E-state index in [1.165, 1.54) is 48.6 Å². The van der Waals surface area contributed by atoms with E-state index in [4.69, 9.17) is 0 Å². The average Bonchev–Trinajstić information content (AvgIpc) is 2.88. The Bertz CT molecular complexity index is 402. The third-order valence-corrected chi connectivity index (χ3v) is 5.61. The van der Waals surface area contributed by atoms with Gasteiger partial charge in [-0.1, -0.05) is 40.9 Å². The maximum absolute atomic E-state index is 3.86. The van der Waals surface area contributed by atoms with Crippen LogP contribution in [0.5, 0.6) is 0 Å². The average molecular weight is 322 g/mol. The molecule has 0 heterocycles. The smallest absolute Gasteiger partial charge is 0.0175 e. The van der Waals surface area contributed by atoms with Gasteiger partial charge in [-0.2, -0.15) is 0 Å². The summed E-state index contributed by atoms with van der Waals surface area (Å²) >= 11 is 3.50. The van der Waals surface area contributed by atoms with Crippen molar-refractivity contribution in [1.82, 2.24) is 5.32 Å². The van der Waals surface area contributed by atoms with Crippen LogP contribution in [0, 0.1) is 5.92 Å². The van der Waals surface area contributed by atoms with E-state index >= 15 is 0 Å². The van der Waals surface area contributed by atoms with Crippen molar-refractivity contribution in [2.75, 3.05) is 0 Å². The van der Waals surface area contributed by atoms with Crippen molar-refractivity contribution in [3.05, 3.63) is 34.3 Å². The molecule has 1 aromatic rings. The Morgan fingerprint density at radius 1 is 1.11 bits per heavy atom. The Morgan fingerprint density at radius 3 is 2.37 bits per heavy atom. The van der Waals surface area contributed by atoms with Crippen molar-refractivity contribution in [3.63, 3.8) is 0 Å². The minimum atomic E-state index is 0.721. The molecule has 104 valence electrons. The van der Waals surface area contributed by atoms with Gasteiger partial charge < -0.3 is 5.32 Å². The quantitative estimate of drug-likeness (QED) is 0.834. The van der Waals surface area contributed by atoms with Crippen LogP contribution in [-0.4, -0.2) is 12.1 Å². The van der Waals surface area contributed by atoms with E-state index in [1.807, 2.05) is 0 Å². The van der Waals surface area contributed by atoms with E-state index in [2.05, 4.69) is 52.4 Å². The summed E-state index contributed by atoms with van der Waals surface area (Å²) < 4.78 is 1.18. The van der Waals surface area contributed by atoms with Crippen molar-refractivity contribution in [2.24, 2.45) is 5.92 Å². The van der Waals surface area contributed by atoms with Gasteiger partial charge in [-0.25, -0.2) is 0 Å². The van der Waals surface area contributed by atoms with Crippen LogP contribution >= 0.6 is 15.9 Å². The zero-order chi connectivity index (χ0) is 13.2. The van der Waals surface area contributed by atoms with Crippen molar-refractivity contribution in [2.45, 2.75) is 63.5 Å². The van der Waals surface area contributed by atoms with Gasteiger partial charge in [-0.15, -0.1) is 0 Å². The summed E-state index contributed by atoms with van der Waals surface area (Å²) in [6.07, 6.45) is 8.41. The molecule has 1 unspecified atom stereocenters. The van der Waals surface area contributed by atoms with Crippen LogP contribution in [0.4, 0.5) is 0 Å². The Morgan fingerprint density at radius 2 is 1.74 bits per heavy atom. The number of halogens is 1. The van der Waals surface area contributed by atoms with Crippen molar-refractivity contribution in [1.29, 1.82) is 0 Å². The van der Waals surface area contributed by atoms with Crippen molar-refractivity contribution in [3.8, 4) is 0 Å². The largest absolute Gasteiger partial charge is 0.311 e. The zero-order valence-corrected chi connectivity index (χ0v) is 13.3. The minimum Gasteiger partial charge on any atom is -0.311 e. The van der Waals surface area contributed by atoms with Gasteiger partial charge >= 0.3 is 0 Å². The number of hydrogen-bond acceptors (Lipinski definition) is 1. The van der Waals surface area contributed by atoms with Gasteiger partial charge in [0.15, 0.2) is 0 Å². The van der Waals surface area contributed by atoms with Crippen LogP contribution in [0.1, 0.15) is 56.9 Å². The summed E-state index contributed by atoms with van der Waals surface area (Å²) in [5.74, 6) is 1.72. The molecule has 2 aliphatic rings. The third-order valence-electron chi connectivity index (χ3n) is 5.09. The van der Waals surface area contributed by atoms with Crippen LogP contribution in [0.3, 0.4) is 0 Å². The van der Waals surface area contributed by atoms with Gasteiger partial charge in [0.05, 0.1) is 0 Å². The molecule has 0 aliphatic heterocycles. The maximum atomic E-state index is 3.86. The molecule has 2 fully saturated rings. The second kappa shape index (κ2) is 5.97. The highest BCUT2D eigenvalue weighted by molar-refractivity contribution is 9.10. The lowest BCUT2D eigenvalue weighted by atomic mass is 9.75. The fraction of sp³-hybridized carbons (Fsp3) is 0.647. The molecule has 0 bridgehead atoms. The molecular weight excluding hydrogens is 298 g/mol. The standard InChI is InChI=1S/C17H24BrN/c1-12(13-4-2-3-5-13)19-17-10-15(11-17)14-6-8-16(18)9-7-14/h6-9,12-13,15,17,19H,2-5,10-11H2,1H3. The molecule has 1 atom stereocenters. The summed E-state index contributed by atoms with van der Waals surface area (Å²) in [4.78, 5) is 0. The predicted molar refractivity (Wildman–Crippen MR) is 84.5 cm³/mol. The molecule has 1 aromatic carbocycles. The van der Waals surface area contributed by atoms with E-state index in [1.54, 1.807) is 0 Å². The molecule has 19 heavy (non-hydrogen) atoms. The second-order valence-electron chi connectivity index (χ2n) is 6.42. The van der Waals surface area contributed by atoms with Crippen LogP contribution in [0.25, 0.3) is 0 Å². The number of benzene rings is 1. The van der Waals surface area contributed by atoms with Gasteiger partial charge in [-0.3, -0.25) is 0 Å². The normalized spacial score (nSPS) is 29.2. The van der Waals surface area contributed by atoms with Crippen molar-refractivity contribution >= 4 is 15.9 Å². The van der Waals surface area contributed by atoms with Crippen LogP contribution in [-0.2, 0) is 0 Å². The van der Waals surface area contributed by atoms with Gasteiger partial charge in [0.2, 0.25) is 0 Å². The van der Waals surface area contributed by atoms with Gasteiger partial charge in [-0.05, 0) is 62.1 Å². The molecule has 3 rings (SSSR count). The fourth-order valence-electron chi connectivity index (χ4n) is 3.73. The topological polar surface area (TPSA) is 12.0 Å². The molecule has 2 aliphatic carbocycles. The van der Waals surface area contributed by atoms with E-state index in [0.29, 0.717) is 0 Å². The molecule has 0 amide bonds. The number of nitrogens with one attached hydrogen (secondary N) is 1. The zero-order valence-electron chi connectivity index (χ0n) is 11.7. The maximum Gasteiger partial charge on any atom is 0.0175 e. The molecule has 1 N–H and O–H groups in total. The molecule has 0 saturated heterocycles. The monoisotopic (exact) mass is 321 g/mol. The number of hydrogen-bond donors (Lipinski definition) is 1.